The van der Waals surface area contributed by atoms with Crippen LogP contribution in [0, 0.1) is 11.6 Å². The number of benzene rings is 1. The number of halogens is 2. The Morgan fingerprint density at radius 3 is 2.65 bits per heavy atom. The highest BCUT2D eigenvalue weighted by atomic mass is 19.1. The molecule has 1 aromatic carbocycles. The third-order valence-corrected chi connectivity index (χ3v) is 4.22. The lowest BCUT2D eigenvalue weighted by molar-refractivity contribution is 0.0996. The van der Waals surface area contributed by atoms with Crippen LogP contribution in [0.3, 0.4) is 0 Å². The number of rotatable bonds is 5. The van der Waals surface area contributed by atoms with Crippen molar-refractivity contribution in [2.24, 2.45) is 5.73 Å². The quantitative estimate of drug-likeness (QED) is 0.606. The highest BCUT2D eigenvalue weighted by Gasteiger charge is 2.28. The maximum Gasteiger partial charge on any atom is 0.251 e. The number of ketones is 1. The van der Waals surface area contributed by atoms with Crippen LogP contribution in [0.15, 0.2) is 24.7 Å². The first-order valence-corrected chi connectivity index (χ1v) is 7.88. The Balaban J connectivity index is 1.87. The molecule has 132 valence electrons. The monoisotopic (exact) mass is 357 g/mol. The normalized spacial score (nSPS) is 13.8. The molecule has 0 spiro atoms. The Morgan fingerprint density at radius 1 is 1.19 bits per heavy atom. The summed E-state index contributed by atoms with van der Waals surface area (Å²) in [4.78, 5) is 35.1. The van der Waals surface area contributed by atoms with E-state index in [9.17, 15) is 18.4 Å². The number of fused-ring (bicyclic) bond motifs is 1. The van der Waals surface area contributed by atoms with E-state index in [1.807, 2.05) is 0 Å². The summed E-state index contributed by atoms with van der Waals surface area (Å²) in [6.45, 7) is 0. The Bertz CT molecular complexity index is 1060. The zero-order valence-electron chi connectivity index (χ0n) is 13.3. The number of hydrogen-bond donors (Lipinski definition) is 3. The number of primary amides is 1. The van der Waals surface area contributed by atoms with Gasteiger partial charge in [-0.15, -0.1) is 0 Å². The Morgan fingerprint density at radius 2 is 1.96 bits per heavy atom. The largest absolute Gasteiger partial charge is 0.367 e. The second kappa shape index (κ2) is 5.87. The van der Waals surface area contributed by atoms with Gasteiger partial charge in [0.05, 0.1) is 22.1 Å². The van der Waals surface area contributed by atoms with Gasteiger partial charge in [-0.1, -0.05) is 0 Å². The highest BCUT2D eigenvalue weighted by molar-refractivity contribution is 6.18. The summed E-state index contributed by atoms with van der Waals surface area (Å²) in [7, 11) is 0. The average molecular weight is 357 g/mol. The molecule has 7 nitrogen and oxygen atoms in total. The van der Waals surface area contributed by atoms with Crippen molar-refractivity contribution in [1.29, 1.82) is 0 Å². The molecule has 0 aliphatic heterocycles. The number of nitrogens with one attached hydrogen (secondary N) is 2. The molecule has 2 aromatic heterocycles. The van der Waals surface area contributed by atoms with Gasteiger partial charge in [0.1, 0.15) is 29.4 Å². The summed E-state index contributed by atoms with van der Waals surface area (Å²) in [6.07, 6.45) is 4.59. The van der Waals surface area contributed by atoms with E-state index < -0.39 is 34.5 Å². The second-order valence-electron chi connectivity index (χ2n) is 6.04. The second-order valence-corrected chi connectivity index (χ2v) is 6.04. The third-order valence-electron chi connectivity index (χ3n) is 4.22. The molecule has 26 heavy (non-hydrogen) atoms. The van der Waals surface area contributed by atoms with Gasteiger partial charge in [0, 0.05) is 12.2 Å². The van der Waals surface area contributed by atoms with E-state index in [4.69, 9.17) is 5.73 Å². The predicted molar refractivity (Wildman–Crippen MR) is 88.8 cm³/mol. The van der Waals surface area contributed by atoms with Gasteiger partial charge in [-0.05, 0) is 25.0 Å². The lowest BCUT2D eigenvalue weighted by Gasteiger charge is -2.08. The lowest BCUT2D eigenvalue weighted by atomic mass is 9.99. The number of nitrogens with two attached hydrogens (primary N) is 1. The SMILES string of the molecule is NC(=O)c1ccc(F)c(C(=O)c2c[nH]c3ncnc(NC4CC4)c23)c1F. The molecule has 4 N–H and O–H groups in total. The molecule has 4 rings (SSSR count). The van der Waals surface area contributed by atoms with E-state index in [1.165, 1.54) is 12.5 Å². The van der Waals surface area contributed by atoms with Crippen molar-refractivity contribution in [3.8, 4) is 0 Å². The number of H-pyrrole nitrogens is 1. The molecule has 1 aliphatic carbocycles. The molecule has 2 heterocycles. The van der Waals surface area contributed by atoms with Crippen molar-refractivity contribution in [2.45, 2.75) is 18.9 Å². The average Bonchev–Trinajstić information content (AvgIpc) is 3.30. The fraction of sp³-hybridized carbons (Fsp3) is 0.176. The van der Waals surface area contributed by atoms with Gasteiger partial charge in [0.25, 0.3) is 5.91 Å². The van der Waals surface area contributed by atoms with E-state index in [0.717, 1.165) is 25.0 Å². The Kier molecular flexibility index (Phi) is 3.64. The van der Waals surface area contributed by atoms with Crippen LogP contribution in [-0.2, 0) is 0 Å². The molecule has 1 amide bonds. The van der Waals surface area contributed by atoms with E-state index >= 15 is 0 Å². The van der Waals surface area contributed by atoms with Crippen LogP contribution >= 0.6 is 0 Å². The minimum atomic E-state index is -1.29. The summed E-state index contributed by atoms with van der Waals surface area (Å²) in [5.41, 5.74) is 4.04. The number of anilines is 1. The number of nitrogens with zero attached hydrogens (tertiary/aromatic N) is 2. The van der Waals surface area contributed by atoms with Gasteiger partial charge >= 0.3 is 0 Å². The molecular weight excluding hydrogens is 344 g/mol. The summed E-state index contributed by atoms with van der Waals surface area (Å²) < 4.78 is 28.7. The van der Waals surface area contributed by atoms with Crippen LogP contribution in [0.5, 0.6) is 0 Å². The zero-order valence-corrected chi connectivity index (χ0v) is 13.3. The fourth-order valence-corrected chi connectivity index (χ4v) is 2.76. The van der Waals surface area contributed by atoms with Crippen LogP contribution in [0.2, 0.25) is 0 Å². The van der Waals surface area contributed by atoms with Crippen LogP contribution in [0.25, 0.3) is 11.0 Å². The molecule has 9 heteroatoms. The molecule has 1 saturated carbocycles. The molecule has 0 atom stereocenters. The topological polar surface area (TPSA) is 114 Å². The number of hydrogen-bond acceptors (Lipinski definition) is 5. The number of carbonyl (C=O) groups excluding carboxylic acids is 2. The first-order chi connectivity index (χ1) is 12.5. The van der Waals surface area contributed by atoms with Gasteiger partial charge in [-0.3, -0.25) is 9.59 Å². The molecule has 1 aliphatic rings. The van der Waals surface area contributed by atoms with Crippen LogP contribution < -0.4 is 11.1 Å². The lowest BCUT2D eigenvalue weighted by Crippen LogP contribution is -2.17. The van der Waals surface area contributed by atoms with Crippen LogP contribution in [0.4, 0.5) is 14.6 Å². The fourth-order valence-electron chi connectivity index (χ4n) is 2.76. The summed E-state index contributed by atoms with van der Waals surface area (Å²) >= 11 is 0. The summed E-state index contributed by atoms with van der Waals surface area (Å²) in [6, 6.07) is 1.99. The van der Waals surface area contributed by atoms with E-state index in [1.54, 1.807) is 0 Å². The Labute approximate surface area is 145 Å². The van der Waals surface area contributed by atoms with Gasteiger partial charge in [0.2, 0.25) is 5.78 Å². The first kappa shape index (κ1) is 16.1. The standard InChI is InChI=1S/C17H13F2N5O2/c18-10-4-3-8(15(20)26)13(19)12(10)14(25)9-5-21-16-11(9)17(23-6-22-16)24-7-1-2-7/h3-7H,1-2H2,(H2,20,26)(H2,21,22,23,24). The van der Waals surface area contributed by atoms with Crippen molar-refractivity contribution < 1.29 is 18.4 Å². The third kappa shape index (κ3) is 2.57. The number of aromatic nitrogens is 3. The molecule has 0 unspecified atom stereocenters. The minimum Gasteiger partial charge on any atom is -0.367 e. The van der Waals surface area contributed by atoms with Crippen LogP contribution in [-0.4, -0.2) is 32.7 Å². The number of amides is 1. The smallest absolute Gasteiger partial charge is 0.251 e. The molecule has 0 bridgehead atoms. The highest BCUT2D eigenvalue weighted by Crippen LogP contribution is 2.31. The number of carbonyl (C=O) groups is 2. The summed E-state index contributed by atoms with van der Waals surface area (Å²) in [5.74, 6) is -3.97. The van der Waals surface area contributed by atoms with E-state index in [2.05, 4.69) is 20.3 Å². The minimum absolute atomic E-state index is 0.00294. The van der Waals surface area contributed by atoms with Crippen molar-refractivity contribution in [3.05, 3.63) is 53.0 Å². The van der Waals surface area contributed by atoms with Crippen molar-refractivity contribution in [3.63, 3.8) is 0 Å². The van der Waals surface area contributed by atoms with E-state index in [0.29, 0.717) is 16.9 Å². The van der Waals surface area contributed by atoms with Crippen molar-refractivity contribution >= 4 is 28.5 Å². The molecule has 0 radical (unpaired) electrons. The Hall–Kier alpha value is -3.36. The maximum atomic E-state index is 14.5. The predicted octanol–water partition coefficient (Wildman–Crippen LogP) is 2.14. The molecular formula is C17H13F2N5O2. The molecule has 3 aromatic rings. The zero-order chi connectivity index (χ0) is 18.4. The van der Waals surface area contributed by atoms with Crippen molar-refractivity contribution in [1.82, 2.24) is 15.0 Å². The summed E-state index contributed by atoms with van der Waals surface area (Å²) in [5, 5.41) is 3.51. The first-order valence-electron chi connectivity index (χ1n) is 7.88. The van der Waals surface area contributed by atoms with Crippen LogP contribution in [0.1, 0.15) is 39.1 Å². The van der Waals surface area contributed by atoms with Gasteiger partial charge in [-0.2, -0.15) is 0 Å². The number of aromatic amines is 1. The van der Waals surface area contributed by atoms with Gasteiger partial charge < -0.3 is 16.0 Å². The maximum absolute atomic E-state index is 14.5. The molecule has 0 saturated heterocycles. The molecule has 1 fully saturated rings. The van der Waals surface area contributed by atoms with Crippen molar-refractivity contribution in [2.75, 3.05) is 5.32 Å². The van der Waals surface area contributed by atoms with E-state index in [-0.39, 0.29) is 11.6 Å². The van der Waals surface area contributed by atoms with Gasteiger partial charge in [-0.25, -0.2) is 18.7 Å². The van der Waals surface area contributed by atoms with Gasteiger partial charge in [0.15, 0.2) is 0 Å².